The van der Waals surface area contributed by atoms with E-state index < -0.39 is 6.10 Å². The molecule has 2 aromatic rings. The first-order valence-electron chi connectivity index (χ1n) is 5.99. The topological polar surface area (TPSA) is 41.5 Å². The summed E-state index contributed by atoms with van der Waals surface area (Å²) in [6.45, 7) is 2.24. The van der Waals surface area contributed by atoms with Crippen LogP contribution in [0.1, 0.15) is 6.92 Å². The number of aliphatic hydroxyl groups excluding tert-OH is 1. The SMILES string of the molecule is C[C@@H](O)CNc1ccccc1Oc1ccccc1. The van der Waals surface area contributed by atoms with Crippen LogP contribution < -0.4 is 10.1 Å². The summed E-state index contributed by atoms with van der Waals surface area (Å²) in [7, 11) is 0. The van der Waals surface area contributed by atoms with Gasteiger partial charge in [-0.3, -0.25) is 0 Å². The van der Waals surface area contributed by atoms with Gasteiger partial charge in [0.15, 0.2) is 5.75 Å². The molecule has 0 aliphatic heterocycles. The van der Waals surface area contributed by atoms with Gasteiger partial charge in [0.05, 0.1) is 11.8 Å². The molecular formula is C15H17NO2. The highest BCUT2D eigenvalue weighted by Crippen LogP contribution is 2.28. The zero-order valence-corrected chi connectivity index (χ0v) is 10.3. The maximum absolute atomic E-state index is 9.29. The van der Waals surface area contributed by atoms with Crippen LogP contribution in [0.3, 0.4) is 0 Å². The van der Waals surface area contributed by atoms with Gasteiger partial charge in [-0.1, -0.05) is 30.3 Å². The molecule has 0 unspecified atom stereocenters. The van der Waals surface area contributed by atoms with Gasteiger partial charge in [0.2, 0.25) is 0 Å². The number of hydrogen-bond acceptors (Lipinski definition) is 3. The van der Waals surface area contributed by atoms with Gasteiger partial charge in [-0.2, -0.15) is 0 Å². The van der Waals surface area contributed by atoms with E-state index in [4.69, 9.17) is 4.74 Å². The summed E-state index contributed by atoms with van der Waals surface area (Å²) >= 11 is 0. The van der Waals surface area contributed by atoms with E-state index in [1.165, 1.54) is 0 Å². The fourth-order valence-corrected chi connectivity index (χ4v) is 1.57. The molecule has 0 bridgehead atoms. The quantitative estimate of drug-likeness (QED) is 0.846. The minimum Gasteiger partial charge on any atom is -0.455 e. The van der Waals surface area contributed by atoms with Gasteiger partial charge >= 0.3 is 0 Å². The van der Waals surface area contributed by atoms with Gasteiger partial charge in [-0.05, 0) is 31.2 Å². The largest absolute Gasteiger partial charge is 0.455 e. The van der Waals surface area contributed by atoms with E-state index in [9.17, 15) is 5.11 Å². The van der Waals surface area contributed by atoms with Gasteiger partial charge in [0, 0.05) is 6.54 Å². The van der Waals surface area contributed by atoms with Crippen LogP contribution in [0.2, 0.25) is 0 Å². The van der Waals surface area contributed by atoms with Crippen molar-refractivity contribution >= 4 is 5.69 Å². The third-order valence-corrected chi connectivity index (χ3v) is 2.45. The molecule has 2 rings (SSSR count). The highest BCUT2D eigenvalue weighted by molar-refractivity contribution is 5.57. The highest BCUT2D eigenvalue weighted by atomic mass is 16.5. The molecule has 0 aliphatic carbocycles. The molecule has 0 heterocycles. The predicted molar refractivity (Wildman–Crippen MR) is 73.1 cm³/mol. The normalized spacial score (nSPS) is 11.9. The van der Waals surface area contributed by atoms with E-state index in [2.05, 4.69) is 5.32 Å². The van der Waals surface area contributed by atoms with Crippen LogP contribution in [-0.4, -0.2) is 17.8 Å². The Morgan fingerprint density at radius 3 is 2.44 bits per heavy atom. The van der Waals surface area contributed by atoms with E-state index in [0.29, 0.717) is 6.54 Å². The molecule has 0 aliphatic rings. The Bertz CT molecular complexity index is 483. The smallest absolute Gasteiger partial charge is 0.150 e. The van der Waals surface area contributed by atoms with Crippen molar-refractivity contribution < 1.29 is 9.84 Å². The van der Waals surface area contributed by atoms with Gasteiger partial charge < -0.3 is 15.2 Å². The molecule has 0 saturated carbocycles. The molecule has 0 radical (unpaired) electrons. The Morgan fingerprint density at radius 1 is 1.06 bits per heavy atom. The lowest BCUT2D eigenvalue weighted by Gasteiger charge is -2.13. The highest BCUT2D eigenvalue weighted by Gasteiger charge is 2.04. The summed E-state index contributed by atoms with van der Waals surface area (Å²) in [5.41, 5.74) is 0.877. The lowest BCUT2D eigenvalue weighted by molar-refractivity contribution is 0.208. The number of benzene rings is 2. The maximum Gasteiger partial charge on any atom is 0.150 e. The molecule has 2 aromatic carbocycles. The molecule has 2 N–H and O–H groups in total. The second kappa shape index (κ2) is 6.07. The van der Waals surface area contributed by atoms with E-state index in [1.54, 1.807) is 6.92 Å². The minimum atomic E-state index is -0.394. The molecule has 94 valence electrons. The Labute approximate surface area is 107 Å². The van der Waals surface area contributed by atoms with Crippen LogP contribution in [0, 0.1) is 0 Å². The lowest BCUT2D eigenvalue weighted by Crippen LogP contribution is -2.15. The summed E-state index contributed by atoms with van der Waals surface area (Å²) in [6.07, 6.45) is -0.394. The molecule has 18 heavy (non-hydrogen) atoms. The first-order chi connectivity index (χ1) is 8.75. The number of nitrogens with one attached hydrogen (secondary N) is 1. The van der Waals surface area contributed by atoms with Crippen LogP contribution in [0.15, 0.2) is 54.6 Å². The maximum atomic E-state index is 9.29. The van der Waals surface area contributed by atoms with Crippen LogP contribution in [0.4, 0.5) is 5.69 Å². The molecule has 0 aromatic heterocycles. The summed E-state index contributed by atoms with van der Waals surface area (Å²) in [4.78, 5) is 0. The van der Waals surface area contributed by atoms with Crippen LogP contribution in [0.25, 0.3) is 0 Å². The van der Waals surface area contributed by atoms with Crippen molar-refractivity contribution in [3.63, 3.8) is 0 Å². The van der Waals surface area contributed by atoms with Crippen LogP contribution >= 0.6 is 0 Å². The predicted octanol–water partition coefficient (Wildman–Crippen LogP) is 3.27. The zero-order valence-electron chi connectivity index (χ0n) is 10.3. The third-order valence-electron chi connectivity index (χ3n) is 2.45. The average Bonchev–Trinajstić information content (AvgIpc) is 2.39. The third kappa shape index (κ3) is 3.50. The Morgan fingerprint density at radius 2 is 1.72 bits per heavy atom. The molecule has 3 nitrogen and oxygen atoms in total. The average molecular weight is 243 g/mol. The monoisotopic (exact) mass is 243 g/mol. The van der Waals surface area contributed by atoms with Crippen molar-refractivity contribution in [2.45, 2.75) is 13.0 Å². The zero-order chi connectivity index (χ0) is 12.8. The van der Waals surface area contributed by atoms with Gasteiger partial charge in [-0.15, -0.1) is 0 Å². The molecule has 0 fully saturated rings. The van der Waals surface area contributed by atoms with Crippen molar-refractivity contribution in [3.05, 3.63) is 54.6 Å². The number of para-hydroxylation sites is 3. The molecular weight excluding hydrogens is 226 g/mol. The fraction of sp³-hybridized carbons (Fsp3) is 0.200. The standard InChI is InChI=1S/C15H17NO2/c1-12(17)11-16-14-9-5-6-10-15(14)18-13-7-3-2-4-8-13/h2-10,12,16-17H,11H2,1H3/t12-/m1/s1. The van der Waals surface area contributed by atoms with Crippen molar-refractivity contribution in [1.82, 2.24) is 0 Å². The summed E-state index contributed by atoms with van der Waals surface area (Å²) in [5.74, 6) is 1.55. The summed E-state index contributed by atoms with van der Waals surface area (Å²) < 4.78 is 5.80. The Kier molecular flexibility index (Phi) is 4.20. The van der Waals surface area contributed by atoms with E-state index in [-0.39, 0.29) is 0 Å². The molecule has 3 heteroatoms. The van der Waals surface area contributed by atoms with Gasteiger partial charge in [-0.25, -0.2) is 0 Å². The Hall–Kier alpha value is -2.00. The van der Waals surface area contributed by atoms with Crippen LogP contribution in [-0.2, 0) is 0 Å². The molecule has 0 saturated heterocycles. The second-order valence-corrected chi connectivity index (χ2v) is 4.14. The number of ether oxygens (including phenoxy) is 1. The summed E-state index contributed by atoms with van der Waals surface area (Å²) in [5, 5.41) is 12.4. The molecule has 0 spiro atoms. The van der Waals surface area contributed by atoms with Crippen molar-refractivity contribution in [1.29, 1.82) is 0 Å². The summed E-state index contributed by atoms with van der Waals surface area (Å²) in [6, 6.07) is 17.3. The van der Waals surface area contributed by atoms with Crippen molar-refractivity contribution in [2.24, 2.45) is 0 Å². The minimum absolute atomic E-state index is 0.394. The first-order valence-corrected chi connectivity index (χ1v) is 5.99. The molecule has 1 atom stereocenters. The number of anilines is 1. The Balaban J connectivity index is 2.12. The van der Waals surface area contributed by atoms with Crippen molar-refractivity contribution in [2.75, 3.05) is 11.9 Å². The molecule has 0 amide bonds. The fourth-order valence-electron chi connectivity index (χ4n) is 1.57. The van der Waals surface area contributed by atoms with E-state index in [1.807, 2.05) is 54.6 Å². The number of aliphatic hydroxyl groups is 1. The van der Waals surface area contributed by atoms with Crippen molar-refractivity contribution in [3.8, 4) is 11.5 Å². The van der Waals surface area contributed by atoms with Gasteiger partial charge in [0.1, 0.15) is 5.75 Å². The van der Waals surface area contributed by atoms with Gasteiger partial charge in [0.25, 0.3) is 0 Å². The van der Waals surface area contributed by atoms with Crippen LogP contribution in [0.5, 0.6) is 11.5 Å². The number of rotatable bonds is 5. The first kappa shape index (κ1) is 12.5. The number of hydrogen-bond donors (Lipinski definition) is 2. The van der Waals surface area contributed by atoms with E-state index in [0.717, 1.165) is 17.2 Å². The van der Waals surface area contributed by atoms with E-state index >= 15 is 0 Å². The second-order valence-electron chi connectivity index (χ2n) is 4.14. The lowest BCUT2D eigenvalue weighted by atomic mass is 10.2.